The third-order valence-electron chi connectivity index (χ3n) is 6.96. The second kappa shape index (κ2) is 8.44. The Morgan fingerprint density at radius 1 is 0.278 bits per heavy atom. The molecule has 0 fully saturated rings. The maximum absolute atomic E-state index is 2.36. The van der Waals surface area contributed by atoms with Crippen molar-refractivity contribution in [2.24, 2.45) is 0 Å². The van der Waals surface area contributed by atoms with Crippen LogP contribution in [0.5, 0.6) is 0 Å². The van der Waals surface area contributed by atoms with E-state index in [0.29, 0.717) is 0 Å². The van der Waals surface area contributed by atoms with E-state index < -0.39 is 0 Å². The van der Waals surface area contributed by atoms with Gasteiger partial charge in [0.25, 0.3) is 0 Å². The van der Waals surface area contributed by atoms with E-state index in [1.165, 1.54) is 45.0 Å². The zero-order valence-electron chi connectivity index (χ0n) is 19.8. The summed E-state index contributed by atoms with van der Waals surface area (Å²) in [6.45, 7) is 0. The fourth-order valence-corrected chi connectivity index (χ4v) is 5.25. The molecule has 2 nitrogen and oxygen atoms in total. The van der Waals surface area contributed by atoms with Gasteiger partial charge < -0.3 is 9.80 Å². The molecule has 0 aromatic heterocycles. The predicted molar refractivity (Wildman–Crippen MR) is 154 cm³/mol. The van der Waals surface area contributed by atoms with Crippen molar-refractivity contribution in [2.75, 3.05) is 9.80 Å². The lowest BCUT2D eigenvalue weighted by Gasteiger charge is -2.29. The minimum Gasteiger partial charge on any atom is -0.309 e. The molecule has 0 aliphatic carbocycles. The first kappa shape index (κ1) is 20.5. The summed E-state index contributed by atoms with van der Waals surface area (Å²) in [6, 6.07) is 43.3. The summed E-state index contributed by atoms with van der Waals surface area (Å²) in [5.74, 6) is 0. The van der Waals surface area contributed by atoms with Crippen molar-refractivity contribution in [3.63, 3.8) is 0 Å². The van der Waals surface area contributed by atoms with Crippen LogP contribution in [0.15, 0.2) is 121 Å². The number of para-hydroxylation sites is 4. The molecule has 2 heteroatoms. The second-order valence-electron chi connectivity index (χ2n) is 9.09. The Balaban J connectivity index is 1.37. The van der Waals surface area contributed by atoms with Crippen LogP contribution in [0.3, 0.4) is 0 Å². The summed E-state index contributed by atoms with van der Waals surface area (Å²) in [6.07, 6.45) is 8.84. The van der Waals surface area contributed by atoms with Gasteiger partial charge in [-0.25, -0.2) is 0 Å². The zero-order valence-corrected chi connectivity index (χ0v) is 19.8. The standard InChI is InChI=1S/C34H24N2/c1-5-13-31-25(9-1)17-18-26-10-2-6-14-32(26)35(31)29-21-23-30(24-22-29)36-33-15-7-3-11-27(33)19-20-28-12-4-8-16-34(28)36/h1-24H. The van der Waals surface area contributed by atoms with E-state index >= 15 is 0 Å². The number of anilines is 6. The van der Waals surface area contributed by atoms with Crippen molar-refractivity contribution < 1.29 is 0 Å². The average molecular weight is 461 g/mol. The zero-order chi connectivity index (χ0) is 23.9. The lowest BCUT2D eigenvalue weighted by molar-refractivity contribution is 1.25. The first-order valence-corrected chi connectivity index (χ1v) is 12.3. The van der Waals surface area contributed by atoms with Gasteiger partial charge in [-0.15, -0.1) is 0 Å². The lowest BCUT2D eigenvalue weighted by Crippen LogP contribution is -2.13. The molecule has 5 aromatic carbocycles. The fraction of sp³-hybridized carbons (Fsp3) is 0. The van der Waals surface area contributed by atoms with Crippen molar-refractivity contribution in [1.82, 2.24) is 0 Å². The normalized spacial score (nSPS) is 13.2. The minimum atomic E-state index is 1.14. The minimum absolute atomic E-state index is 1.14. The van der Waals surface area contributed by atoms with Crippen LogP contribution >= 0.6 is 0 Å². The highest BCUT2D eigenvalue weighted by Gasteiger charge is 2.22. The quantitative estimate of drug-likeness (QED) is 0.253. The van der Waals surface area contributed by atoms with Gasteiger partial charge in [0.2, 0.25) is 0 Å². The maximum Gasteiger partial charge on any atom is 0.0534 e. The van der Waals surface area contributed by atoms with E-state index in [1.807, 2.05) is 0 Å². The molecular weight excluding hydrogens is 436 g/mol. The van der Waals surface area contributed by atoms with Crippen molar-refractivity contribution >= 4 is 58.4 Å². The van der Waals surface area contributed by atoms with E-state index in [9.17, 15) is 0 Å². The number of fused-ring (bicyclic) bond motifs is 4. The molecule has 36 heavy (non-hydrogen) atoms. The molecule has 0 amide bonds. The molecule has 0 bridgehead atoms. The van der Waals surface area contributed by atoms with Crippen LogP contribution in [0, 0.1) is 0 Å². The van der Waals surface area contributed by atoms with Gasteiger partial charge in [0.1, 0.15) is 0 Å². The van der Waals surface area contributed by atoms with Crippen LogP contribution in [-0.2, 0) is 0 Å². The van der Waals surface area contributed by atoms with Crippen molar-refractivity contribution in [3.05, 3.63) is 144 Å². The van der Waals surface area contributed by atoms with E-state index in [1.54, 1.807) is 0 Å². The molecule has 0 spiro atoms. The number of hydrogen-bond acceptors (Lipinski definition) is 2. The summed E-state index contributed by atoms with van der Waals surface area (Å²) in [4.78, 5) is 4.72. The van der Waals surface area contributed by atoms with Crippen LogP contribution in [-0.4, -0.2) is 0 Å². The molecule has 5 aromatic rings. The SMILES string of the molecule is C1=Cc2ccccc2N(c2ccc(N3c4ccccc4C=Cc4ccccc43)cc2)c2ccccc21. The Hall–Kier alpha value is -4.82. The molecule has 0 unspecified atom stereocenters. The molecule has 2 aliphatic heterocycles. The third-order valence-corrected chi connectivity index (χ3v) is 6.96. The van der Waals surface area contributed by atoms with Gasteiger partial charge in [0.15, 0.2) is 0 Å². The molecule has 0 N–H and O–H groups in total. The summed E-state index contributed by atoms with van der Waals surface area (Å²) in [7, 11) is 0. The molecule has 0 radical (unpaired) electrons. The van der Waals surface area contributed by atoms with Crippen molar-refractivity contribution in [2.45, 2.75) is 0 Å². The number of nitrogens with zero attached hydrogens (tertiary/aromatic N) is 2. The molecule has 0 saturated heterocycles. The maximum atomic E-state index is 2.36. The molecule has 2 aliphatic rings. The van der Waals surface area contributed by atoms with Crippen LogP contribution in [0.2, 0.25) is 0 Å². The number of hydrogen-bond donors (Lipinski definition) is 0. The Labute approximate surface area is 211 Å². The van der Waals surface area contributed by atoms with Crippen LogP contribution in [0.25, 0.3) is 24.3 Å². The number of benzene rings is 5. The highest BCUT2D eigenvalue weighted by atomic mass is 15.2. The predicted octanol–water partition coefficient (Wildman–Crippen LogP) is 9.59. The van der Waals surface area contributed by atoms with Gasteiger partial charge in [-0.05, 0) is 70.8 Å². The summed E-state index contributed by atoms with van der Waals surface area (Å²) >= 11 is 0. The van der Waals surface area contributed by atoms with Gasteiger partial charge in [0, 0.05) is 11.4 Å². The molecule has 0 saturated carbocycles. The largest absolute Gasteiger partial charge is 0.309 e. The Kier molecular flexibility index (Phi) is 4.82. The topological polar surface area (TPSA) is 6.48 Å². The first-order valence-electron chi connectivity index (χ1n) is 12.3. The third kappa shape index (κ3) is 3.35. The monoisotopic (exact) mass is 460 g/mol. The molecule has 7 rings (SSSR count). The Morgan fingerprint density at radius 3 is 0.806 bits per heavy atom. The van der Waals surface area contributed by atoms with Crippen molar-refractivity contribution in [3.8, 4) is 0 Å². The van der Waals surface area contributed by atoms with E-state index in [2.05, 4.69) is 155 Å². The average Bonchev–Trinajstić information content (AvgIpc) is 3.21. The summed E-state index contributed by atoms with van der Waals surface area (Å²) in [5, 5.41) is 0. The fourth-order valence-electron chi connectivity index (χ4n) is 5.25. The molecule has 0 atom stereocenters. The van der Waals surface area contributed by atoms with Gasteiger partial charge >= 0.3 is 0 Å². The highest BCUT2D eigenvalue weighted by molar-refractivity contribution is 5.95. The second-order valence-corrected chi connectivity index (χ2v) is 9.09. The first-order chi connectivity index (χ1) is 17.9. The van der Waals surface area contributed by atoms with E-state index in [0.717, 1.165) is 11.4 Å². The van der Waals surface area contributed by atoms with Crippen molar-refractivity contribution in [1.29, 1.82) is 0 Å². The molecule has 2 heterocycles. The molecular formula is C34H24N2. The van der Waals surface area contributed by atoms with Gasteiger partial charge in [0.05, 0.1) is 22.7 Å². The summed E-state index contributed by atoms with van der Waals surface area (Å²) < 4.78 is 0. The van der Waals surface area contributed by atoms with E-state index in [4.69, 9.17) is 0 Å². The smallest absolute Gasteiger partial charge is 0.0534 e. The van der Waals surface area contributed by atoms with Gasteiger partial charge in [-0.1, -0.05) is 97.1 Å². The Bertz CT molecular complexity index is 1420. The highest BCUT2D eigenvalue weighted by Crippen LogP contribution is 2.45. The van der Waals surface area contributed by atoms with Gasteiger partial charge in [-0.3, -0.25) is 0 Å². The number of rotatable bonds is 2. The van der Waals surface area contributed by atoms with Crippen LogP contribution in [0.1, 0.15) is 22.3 Å². The lowest BCUT2D eigenvalue weighted by atomic mass is 10.1. The van der Waals surface area contributed by atoms with E-state index in [-0.39, 0.29) is 0 Å². The molecule has 170 valence electrons. The van der Waals surface area contributed by atoms with Crippen LogP contribution in [0.4, 0.5) is 34.1 Å². The summed E-state index contributed by atoms with van der Waals surface area (Å²) in [5.41, 5.74) is 11.8. The van der Waals surface area contributed by atoms with Crippen LogP contribution < -0.4 is 9.80 Å². The van der Waals surface area contributed by atoms with Gasteiger partial charge in [-0.2, -0.15) is 0 Å². The Morgan fingerprint density at radius 2 is 0.528 bits per heavy atom.